The van der Waals surface area contributed by atoms with Gasteiger partial charge < -0.3 is 33.0 Å². The topological polar surface area (TPSA) is 167 Å². The van der Waals surface area contributed by atoms with Gasteiger partial charge in [-0.05, 0) is 181 Å². The number of likely N-dealkylation sites (tertiary alicyclic amines) is 1. The molecule has 95 heavy (non-hydrogen) atoms. The molecule has 4 aromatic heterocycles. The molecule has 0 spiro atoms. The van der Waals surface area contributed by atoms with E-state index < -0.39 is 10.0 Å². The van der Waals surface area contributed by atoms with Crippen LogP contribution in [0.15, 0.2) is 200 Å². The first-order valence-corrected chi connectivity index (χ1v) is 34.2. The van der Waals surface area contributed by atoms with Gasteiger partial charge in [-0.1, -0.05) is 144 Å². The molecule has 0 unspecified atom stereocenters. The fraction of sp³-hybridized carbons (Fsp3) is 0.197. The number of nitrogens with zero attached hydrogens (tertiary/aromatic N) is 9. The average molecular weight is 1340 g/mol. The van der Waals surface area contributed by atoms with E-state index in [1.54, 1.807) is 13.4 Å². The summed E-state index contributed by atoms with van der Waals surface area (Å²) in [6.45, 7) is 12.2. The summed E-state index contributed by atoms with van der Waals surface area (Å²) < 4.78 is 39.7. The number of aliphatic hydroxyl groups excluding tert-OH is 1. The Labute approximate surface area is 568 Å². The summed E-state index contributed by atoms with van der Waals surface area (Å²) >= 11 is 17.9. The lowest BCUT2D eigenvalue weighted by atomic mass is 10.1. The van der Waals surface area contributed by atoms with Crippen molar-refractivity contribution in [3.05, 3.63) is 283 Å². The minimum atomic E-state index is -3.38. The van der Waals surface area contributed by atoms with Gasteiger partial charge in [0, 0.05) is 54.2 Å². The molecule has 13 aromatic rings. The number of aromatic nitrogens is 8. The highest BCUT2D eigenvalue weighted by Gasteiger charge is 2.24. The summed E-state index contributed by atoms with van der Waals surface area (Å²) in [5.74, 6) is 3.59. The van der Waals surface area contributed by atoms with Crippen LogP contribution in [0.3, 0.4) is 0 Å². The van der Waals surface area contributed by atoms with Gasteiger partial charge in [-0.25, -0.2) is 28.4 Å². The molecular weight excluding hydrogens is 1270 g/mol. The summed E-state index contributed by atoms with van der Waals surface area (Å²) in [6, 6.07) is 64.2. The normalized spacial score (nSPS) is 12.3. The highest BCUT2D eigenvalue weighted by molar-refractivity contribution is 7.92. The molecule has 1 aliphatic rings. The number of aliphatic hydroxyl groups is 1. The molecule has 0 aliphatic carbocycles. The third-order valence-electron chi connectivity index (χ3n) is 16.7. The van der Waals surface area contributed by atoms with Crippen LogP contribution in [-0.4, -0.2) is 82.4 Å². The standard InChI is InChI=1S/C24H21ClN2.C19H18ClN3O.C18H21N3O3S.C15H13ClN2O/c1-17-14-22-23(15-18(17)2)27(16-20-8-11-21(25)12-9-20)24(26-22)13-10-19-6-4-3-5-7-19;20-15-9-7-14(8-10-15)12-23-17-5-2-1-4-16(17)21-18(23)13-22-11-3-6-19(22)24;1-12-9-16-18(17(13(12)2)20-25(4,22)23)19-11-21(16)10-14-5-7-15(24-3)8-6-14;16-12-7-5-11(6-8-12)9-18-14-4-2-1-3-13(14)17-15(18)10-19/h3-15H,16H2,1-2H3;1-2,4-5,7-10H,3,6,11-13H2;5-9,11,20H,10H2,1-4H3;1-8,19H,9-10H2/b13-10+;;;. The monoisotopic (exact) mass is 1340 g/mol. The van der Waals surface area contributed by atoms with Crippen LogP contribution in [0.25, 0.3) is 56.3 Å². The predicted octanol–water partition coefficient (Wildman–Crippen LogP) is 16.7. The zero-order chi connectivity index (χ0) is 66.8. The van der Waals surface area contributed by atoms with Gasteiger partial charge in [0.25, 0.3) is 0 Å². The average Bonchev–Trinajstić information content (AvgIpc) is 1.69. The number of imidazole rings is 4. The molecule has 1 saturated heterocycles. The maximum absolute atomic E-state index is 12.0. The van der Waals surface area contributed by atoms with Crippen LogP contribution >= 0.6 is 34.8 Å². The van der Waals surface area contributed by atoms with Crippen molar-refractivity contribution in [2.75, 3.05) is 24.6 Å². The van der Waals surface area contributed by atoms with Crippen molar-refractivity contribution in [3.63, 3.8) is 0 Å². The van der Waals surface area contributed by atoms with E-state index in [1.807, 2.05) is 180 Å². The first-order valence-electron chi connectivity index (χ1n) is 31.1. The molecule has 1 aliphatic heterocycles. The number of methoxy groups -OCH3 is 1. The summed E-state index contributed by atoms with van der Waals surface area (Å²) in [4.78, 5) is 32.4. The highest BCUT2D eigenvalue weighted by Crippen LogP contribution is 2.32. The van der Waals surface area contributed by atoms with Gasteiger partial charge in [0.2, 0.25) is 15.9 Å². The summed E-state index contributed by atoms with van der Waals surface area (Å²) in [6.07, 6.45) is 8.68. The molecule has 0 saturated carbocycles. The summed E-state index contributed by atoms with van der Waals surface area (Å²) in [5.41, 5.74) is 18.5. The molecule has 5 heterocycles. The van der Waals surface area contributed by atoms with Gasteiger partial charge in [-0.3, -0.25) is 9.52 Å². The Balaban J connectivity index is 0.000000130. The van der Waals surface area contributed by atoms with Crippen molar-refractivity contribution in [1.29, 1.82) is 0 Å². The van der Waals surface area contributed by atoms with Gasteiger partial charge in [0.15, 0.2) is 0 Å². The van der Waals surface area contributed by atoms with Gasteiger partial charge in [-0.2, -0.15) is 0 Å². The van der Waals surface area contributed by atoms with Crippen LogP contribution in [0.5, 0.6) is 5.75 Å². The zero-order valence-electron chi connectivity index (χ0n) is 53.7. The molecule has 19 heteroatoms. The Morgan fingerprint density at radius 3 is 1.60 bits per heavy atom. The van der Waals surface area contributed by atoms with E-state index in [2.05, 4.69) is 92.3 Å². The number of ether oxygens (including phenoxy) is 1. The lowest BCUT2D eigenvalue weighted by Gasteiger charge is -2.16. The second kappa shape index (κ2) is 30.2. The predicted molar refractivity (Wildman–Crippen MR) is 386 cm³/mol. The molecule has 1 fully saturated rings. The van der Waals surface area contributed by atoms with Crippen molar-refractivity contribution in [2.24, 2.45) is 0 Å². The van der Waals surface area contributed by atoms with Crippen LogP contribution in [0.2, 0.25) is 15.1 Å². The molecular formula is C76H73Cl3N10O5S. The van der Waals surface area contributed by atoms with Crippen molar-refractivity contribution in [2.45, 2.75) is 79.9 Å². The Kier molecular flexibility index (Phi) is 21.3. The minimum Gasteiger partial charge on any atom is -0.497 e. The molecule has 14 rings (SSSR count). The fourth-order valence-corrected chi connectivity index (χ4v) is 12.4. The Hall–Kier alpha value is -9.55. The minimum absolute atomic E-state index is 0.0672. The number of sulfonamides is 1. The van der Waals surface area contributed by atoms with Crippen molar-refractivity contribution < 1.29 is 23.1 Å². The number of rotatable bonds is 16. The second-order valence-corrected chi connectivity index (χ2v) is 26.6. The molecule has 1 amide bonds. The quantitative estimate of drug-likeness (QED) is 0.0957. The van der Waals surface area contributed by atoms with Gasteiger partial charge in [-0.15, -0.1) is 0 Å². The summed E-state index contributed by atoms with van der Waals surface area (Å²) in [5, 5.41) is 11.6. The largest absolute Gasteiger partial charge is 0.497 e. The zero-order valence-corrected chi connectivity index (χ0v) is 56.8. The van der Waals surface area contributed by atoms with E-state index >= 15 is 0 Å². The number of aryl methyl sites for hydroxylation is 3. The van der Waals surface area contributed by atoms with Crippen LogP contribution < -0.4 is 9.46 Å². The summed E-state index contributed by atoms with van der Waals surface area (Å²) in [7, 11) is -1.74. The van der Waals surface area contributed by atoms with E-state index in [-0.39, 0.29) is 12.5 Å². The van der Waals surface area contributed by atoms with Crippen LogP contribution in [0, 0.1) is 27.7 Å². The van der Waals surface area contributed by atoms with Crippen LogP contribution in [0.1, 0.15) is 80.4 Å². The lowest BCUT2D eigenvalue weighted by molar-refractivity contribution is -0.128. The molecule has 0 bridgehead atoms. The number of halogens is 3. The molecule has 2 N–H and O–H groups in total. The van der Waals surface area contributed by atoms with Crippen LogP contribution in [0.4, 0.5) is 5.69 Å². The number of fused-ring (bicyclic) bond motifs is 4. The van der Waals surface area contributed by atoms with Crippen molar-refractivity contribution in [1.82, 2.24) is 43.1 Å². The van der Waals surface area contributed by atoms with E-state index in [9.17, 15) is 18.3 Å². The number of carbonyl (C=O) groups is 1. The number of benzene rings is 9. The van der Waals surface area contributed by atoms with Gasteiger partial charge in [0.05, 0.1) is 70.5 Å². The number of nitrogens with one attached hydrogen (secondary N) is 1. The molecule has 484 valence electrons. The number of para-hydroxylation sites is 4. The Morgan fingerprint density at radius 2 is 1.05 bits per heavy atom. The third kappa shape index (κ3) is 16.7. The second-order valence-electron chi connectivity index (χ2n) is 23.5. The van der Waals surface area contributed by atoms with Gasteiger partial charge >= 0.3 is 0 Å². The SMILES string of the molecule is COc1ccc(Cn2cnc3c(NS(C)(=O)=O)c(C)c(C)cc32)cc1.Cc1cc2nc(/C=C/c3ccccc3)n(Cc3ccc(Cl)cc3)c2cc1C.O=C1CCCN1Cc1nc2ccccc2n1Cc1ccc(Cl)cc1.OCc1nc2ccccc2n1Cc1ccc(Cl)cc1. The Bertz CT molecular complexity index is 4970. The lowest BCUT2D eigenvalue weighted by Crippen LogP contribution is -2.26. The maximum atomic E-state index is 12.0. The maximum Gasteiger partial charge on any atom is 0.229 e. The Morgan fingerprint density at radius 1 is 0.547 bits per heavy atom. The van der Waals surface area contributed by atoms with E-state index in [4.69, 9.17) is 49.5 Å². The first kappa shape index (κ1) is 66.9. The van der Waals surface area contributed by atoms with E-state index in [0.717, 1.165) is 137 Å². The fourth-order valence-electron chi connectivity index (χ4n) is 11.4. The molecule has 0 radical (unpaired) electrons. The molecule has 9 aromatic carbocycles. The number of hydrogen-bond donors (Lipinski definition) is 2. The van der Waals surface area contributed by atoms with Gasteiger partial charge in [0.1, 0.15) is 35.3 Å². The smallest absolute Gasteiger partial charge is 0.229 e. The van der Waals surface area contributed by atoms with E-state index in [0.29, 0.717) is 43.1 Å². The first-order chi connectivity index (χ1) is 45.9. The third-order valence-corrected chi connectivity index (χ3v) is 18.1. The molecule has 15 nitrogen and oxygen atoms in total. The number of anilines is 1. The number of hydrogen-bond acceptors (Lipinski definition) is 9. The van der Waals surface area contributed by atoms with Crippen molar-refractivity contribution >= 4 is 113 Å². The molecule has 0 atom stereocenters. The highest BCUT2D eigenvalue weighted by atomic mass is 35.5. The van der Waals surface area contributed by atoms with E-state index in [1.165, 1.54) is 16.7 Å². The van der Waals surface area contributed by atoms with Crippen molar-refractivity contribution in [3.8, 4) is 5.75 Å². The number of carbonyl (C=O) groups excluding carboxylic acids is 1. The van der Waals surface area contributed by atoms with Crippen LogP contribution in [-0.2, 0) is 54.1 Å². The number of amides is 1.